The van der Waals surface area contributed by atoms with Gasteiger partial charge in [-0.25, -0.2) is 0 Å². The molecule has 1 aromatic carbocycles. The van der Waals surface area contributed by atoms with E-state index in [1.165, 1.54) is 6.92 Å². The fraction of sp³-hybridized carbons (Fsp3) is 0.222. The van der Waals surface area contributed by atoms with Gasteiger partial charge in [0.15, 0.2) is 5.78 Å². The Morgan fingerprint density at radius 3 is 2.92 bits per heavy atom. The topological polar surface area (TPSA) is 50.1 Å². The van der Waals surface area contributed by atoms with Crippen LogP contribution in [0.5, 0.6) is 0 Å². The number of rotatable bonds is 3. The molecule has 0 aliphatic heterocycles. The Morgan fingerprint density at radius 2 is 2.33 bits per heavy atom. The van der Waals surface area contributed by atoms with Gasteiger partial charge in [-0.3, -0.25) is 9.63 Å². The third-order valence-electron chi connectivity index (χ3n) is 1.57. The number of ketones is 1. The molecule has 1 radical (unpaired) electrons. The zero-order valence-electron chi connectivity index (χ0n) is 6.83. The minimum absolute atomic E-state index is 0.0295. The second-order valence-electron chi connectivity index (χ2n) is 2.55. The minimum atomic E-state index is 0.0295. The summed E-state index contributed by atoms with van der Waals surface area (Å²) in [4.78, 5) is 15.1. The first-order chi connectivity index (χ1) is 5.74. The maximum Gasteiger partial charge on any atom is 0.159 e. The summed E-state index contributed by atoms with van der Waals surface area (Å²) in [7, 11) is 0. The Labute approximate surface area is 71.1 Å². The van der Waals surface area contributed by atoms with Crippen LogP contribution in [-0.2, 0) is 11.4 Å². The molecule has 0 aliphatic carbocycles. The van der Waals surface area contributed by atoms with Crippen molar-refractivity contribution in [3.63, 3.8) is 0 Å². The van der Waals surface area contributed by atoms with Gasteiger partial charge in [0.2, 0.25) is 0 Å². The summed E-state index contributed by atoms with van der Waals surface area (Å²) in [5, 5.41) is 0. The molecule has 1 aromatic rings. The molecule has 3 nitrogen and oxygen atoms in total. The molecule has 0 bridgehead atoms. The first kappa shape index (κ1) is 8.90. The second-order valence-corrected chi connectivity index (χ2v) is 2.55. The highest BCUT2D eigenvalue weighted by Gasteiger charge is 1.99. The lowest BCUT2D eigenvalue weighted by Crippen LogP contribution is -1.95. The zero-order valence-corrected chi connectivity index (χ0v) is 6.83. The molecule has 1 rings (SSSR count). The van der Waals surface area contributed by atoms with Crippen LogP contribution in [0.4, 0.5) is 0 Å². The van der Waals surface area contributed by atoms with Crippen LogP contribution < -0.4 is 5.90 Å². The van der Waals surface area contributed by atoms with Gasteiger partial charge in [0.05, 0.1) is 6.61 Å². The van der Waals surface area contributed by atoms with Crippen LogP contribution in [0.2, 0.25) is 0 Å². The fourth-order valence-electron chi connectivity index (χ4n) is 0.963. The summed E-state index contributed by atoms with van der Waals surface area (Å²) in [6.45, 7) is 1.74. The van der Waals surface area contributed by atoms with E-state index in [1.807, 2.05) is 6.07 Å². The SMILES string of the molecule is CC(=O)c1cccc(CO[NH])c1. The fourth-order valence-corrected chi connectivity index (χ4v) is 0.963. The van der Waals surface area contributed by atoms with Gasteiger partial charge in [-0.1, -0.05) is 18.2 Å². The Balaban J connectivity index is 2.88. The van der Waals surface area contributed by atoms with Gasteiger partial charge in [-0.15, -0.1) is 5.90 Å². The number of hydrogen-bond acceptors (Lipinski definition) is 2. The quantitative estimate of drug-likeness (QED) is 0.503. The first-order valence-electron chi connectivity index (χ1n) is 3.62. The number of benzene rings is 1. The Morgan fingerprint density at radius 1 is 1.58 bits per heavy atom. The van der Waals surface area contributed by atoms with Gasteiger partial charge < -0.3 is 0 Å². The van der Waals surface area contributed by atoms with Gasteiger partial charge >= 0.3 is 0 Å². The average Bonchev–Trinajstić information content (AvgIpc) is 2.05. The summed E-state index contributed by atoms with van der Waals surface area (Å²) in [5.74, 6) is 6.56. The van der Waals surface area contributed by atoms with E-state index in [-0.39, 0.29) is 12.4 Å². The molecule has 0 aliphatic rings. The molecular formula is C9H10NO2. The third-order valence-corrected chi connectivity index (χ3v) is 1.57. The predicted molar refractivity (Wildman–Crippen MR) is 44.3 cm³/mol. The molecule has 12 heavy (non-hydrogen) atoms. The van der Waals surface area contributed by atoms with Gasteiger partial charge in [-0.05, 0) is 18.6 Å². The summed E-state index contributed by atoms with van der Waals surface area (Å²) >= 11 is 0. The van der Waals surface area contributed by atoms with Crippen LogP contribution in [0.25, 0.3) is 0 Å². The summed E-state index contributed by atoms with van der Waals surface area (Å²) in [6, 6.07) is 7.08. The monoisotopic (exact) mass is 164 g/mol. The number of carbonyl (C=O) groups is 1. The van der Waals surface area contributed by atoms with Crippen molar-refractivity contribution < 1.29 is 9.63 Å². The highest BCUT2D eigenvalue weighted by atomic mass is 16.6. The Hall–Kier alpha value is -1.19. The molecule has 0 saturated heterocycles. The lowest BCUT2D eigenvalue weighted by atomic mass is 10.1. The first-order valence-corrected chi connectivity index (χ1v) is 3.62. The van der Waals surface area contributed by atoms with Gasteiger partial charge in [0, 0.05) is 5.56 Å². The number of hydrogen-bond donors (Lipinski definition) is 0. The largest absolute Gasteiger partial charge is 0.295 e. The summed E-state index contributed by atoms with van der Waals surface area (Å²) in [5.41, 5.74) is 1.50. The van der Waals surface area contributed by atoms with E-state index < -0.39 is 0 Å². The average molecular weight is 164 g/mol. The molecule has 0 fully saturated rings. The van der Waals surface area contributed by atoms with Gasteiger partial charge in [0.1, 0.15) is 0 Å². The van der Waals surface area contributed by atoms with Gasteiger partial charge in [-0.2, -0.15) is 0 Å². The van der Waals surface area contributed by atoms with Crippen molar-refractivity contribution in [3.8, 4) is 0 Å². The van der Waals surface area contributed by atoms with E-state index in [0.29, 0.717) is 5.56 Å². The van der Waals surface area contributed by atoms with Gasteiger partial charge in [0.25, 0.3) is 0 Å². The van der Waals surface area contributed by atoms with Crippen LogP contribution in [-0.4, -0.2) is 5.78 Å². The lowest BCUT2D eigenvalue weighted by Gasteiger charge is -1.99. The van der Waals surface area contributed by atoms with Crippen molar-refractivity contribution in [1.29, 1.82) is 0 Å². The summed E-state index contributed by atoms with van der Waals surface area (Å²) < 4.78 is 0. The molecule has 1 N–H and O–H groups in total. The molecule has 0 aromatic heterocycles. The van der Waals surface area contributed by atoms with E-state index in [1.54, 1.807) is 18.2 Å². The maximum absolute atomic E-state index is 10.9. The molecule has 0 saturated carbocycles. The molecule has 0 unspecified atom stereocenters. The van der Waals surface area contributed by atoms with E-state index in [0.717, 1.165) is 5.56 Å². The summed E-state index contributed by atoms with van der Waals surface area (Å²) in [6.07, 6.45) is 0. The van der Waals surface area contributed by atoms with E-state index >= 15 is 0 Å². The molecule has 0 heterocycles. The van der Waals surface area contributed by atoms with Crippen LogP contribution in [0.3, 0.4) is 0 Å². The Bertz CT molecular complexity index is 284. The van der Waals surface area contributed by atoms with Crippen molar-refractivity contribution >= 4 is 5.78 Å². The molecule has 0 amide bonds. The lowest BCUT2D eigenvalue weighted by molar-refractivity contribution is 0.101. The van der Waals surface area contributed by atoms with E-state index in [9.17, 15) is 4.79 Å². The minimum Gasteiger partial charge on any atom is -0.295 e. The Kier molecular flexibility index (Phi) is 2.96. The molecular weight excluding hydrogens is 154 g/mol. The second kappa shape index (κ2) is 3.99. The van der Waals surface area contributed by atoms with Crippen LogP contribution in [0, 0.1) is 0 Å². The van der Waals surface area contributed by atoms with Crippen LogP contribution >= 0.6 is 0 Å². The normalized spacial score (nSPS) is 9.83. The highest BCUT2D eigenvalue weighted by Crippen LogP contribution is 2.06. The van der Waals surface area contributed by atoms with Crippen LogP contribution in [0.1, 0.15) is 22.8 Å². The molecule has 0 atom stereocenters. The van der Waals surface area contributed by atoms with E-state index in [2.05, 4.69) is 4.84 Å². The van der Waals surface area contributed by atoms with Crippen molar-refractivity contribution in [2.24, 2.45) is 0 Å². The van der Waals surface area contributed by atoms with Crippen molar-refractivity contribution in [2.75, 3.05) is 0 Å². The molecule has 63 valence electrons. The van der Waals surface area contributed by atoms with Crippen molar-refractivity contribution in [1.82, 2.24) is 5.90 Å². The maximum atomic E-state index is 10.9. The van der Waals surface area contributed by atoms with E-state index in [4.69, 9.17) is 5.90 Å². The number of carbonyl (C=O) groups excluding carboxylic acids is 1. The van der Waals surface area contributed by atoms with Crippen molar-refractivity contribution in [2.45, 2.75) is 13.5 Å². The van der Waals surface area contributed by atoms with Crippen molar-refractivity contribution in [3.05, 3.63) is 35.4 Å². The zero-order chi connectivity index (χ0) is 8.97. The standard InChI is InChI=1S/C9H10NO2/c1-7(11)9-4-2-3-8(5-9)6-12-10/h2-5,10H,6H2,1H3. The molecule has 0 spiro atoms. The molecule has 3 heteroatoms. The smallest absolute Gasteiger partial charge is 0.159 e. The number of nitrogens with one attached hydrogen (secondary N) is 1. The van der Waals surface area contributed by atoms with Crippen LogP contribution in [0.15, 0.2) is 24.3 Å². The third kappa shape index (κ3) is 2.15. The highest BCUT2D eigenvalue weighted by molar-refractivity contribution is 5.94. The predicted octanol–water partition coefficient (Wildman–Crippen LogP) is 1.60. The number of Topliss-reactive ketones (excluding diaryl/α,β-unsaturated/α-hetero) is 1.